The molecule has 7 nitrogen and oxygen atoms in total. The second kappa shape index (κ2) is 8.55. The van der Waals surface area contributed by atoms with Gasteiger partial charge in [0.25, 0.3) is 5.69 Å². The average Bonchev–Trinajstić information content (AvgIpc) is 3.10. The number of thioether (sulfide) groups is 1. The van der Waals surface area contributed by atoms with Crippen molar-refractivity contribution in [2.45, 2.75) is 12.2 Å². The number of carbonyl (C=O) groups excluding carboxylic acids is 1. The van der Waals surface area contributed by atoms with Crippen LogP contribution in [0.25, 0.3) is 16.9 Å². The summed E-state index contributed by atoms with van der Waals surface area (Å²) in [6.07, 6.45) is 0. The second-order valence-corrected chi connectivity index (χ2v) is 8.91. The summed E-state index contributed by atoms with van der Waals surface area (Å²) in [5.41, 5.74) is 5.19. The number of hydrogen-bond acceptors (Lipinski definition) is 5. The predicted molar refractivity (Wildman–Crippen MR) is 130 cm³/mol. The predicted octanol–water partition coefficient (Wildman–Crippen LogP) is 5.53. The fourth-order valence-corrected chi connectivity index (χ4v) is 5.07. The van der Waals surface area contributed by atoms with E-state index in [2.05, 4.69) is 5.32 Å². The van der Waals surface area contributed by atoms with E-state index in [9.17, 15) is 14.9 Å². The molecule has 0 radical (unpaired) electrons. The number of nitro benzene ring substituents is 1. The van der Waals surface area contributed by atoms with Crippen LogP contribution in [-0.2, 0) is 4.79 Å². The standard InChI is InChI=1S/C25H20N4O3S/c1-16-10-12-19(13-11-16)28-25-22(23(27-28)17-6-3-2-4-7-17)24(33-15-21(30)26-25)18-8-5-9-20(14-18)29(31)32/h2-14,24H,15H2,1H3,(H,26,30)/t24-/m1/s1. The van der Waals surface area contributed by atoms with E-state index in [0.717, 1.165) is 33.6 Å². The zero-order valence-electron chi connectivity index (χ0n) is 17.8. The van der Waals surface area contributed by atoms with Crippen LogP contribution >= 0.6 is 11.8 Å². The molecule has 0 saturated carbocycles. The molecule has 0 fully saturated rings. The third-order valence-electron chi connectivity index (χ3n) is 5.53. The molecule has 0 bridgehead atoms. The summed E-state index contributed by atoms with van der Waals surface area (Å²) in [7, 11) is 0. The fraction of sp³-hybridized carbons (Fsp3) is 0.120. The molecule has 2 heterocycles. The van der Waals surface area contributed by atoms with Crippen LogP contribution in [0.15, 0.2) is 78.9 Å². The average molecular weight is 457 g/mol. The van der Waals surface area contributed by atoms with Crippen molar-refractivity contribution >= 4 is 29.2 Å². The largest absolute Gasteiger partial charge is 0.310 e. The topological polar surface area (TPSA) is 90.1 Å². The Balaban J connectivity index is 1.77. The highest BCUT2D eigenvalue weighted by Crippen LogP contribution is 2.47. The van der Waals surface area contributed by atoms with Crippen molar-refractivity contribution < 1.29 is 9.72 Å². The molecular formula is C25H20N4O3S. The molecule has 164 valence electrons. The number of rotatable bonds is 4. The minimum Gasteiger partial charge on any atom is -0.310 e. The van der Waals surface area contributed by atoms with E-state index in [-0.39, 0.29) is 22.6 Å². The Kier molecular flexibility index (Phi) is 5.43. The van der Waals surface area contributed by atoms with E-state index < -0.39 is 4.92 Å². The smallest absolute Gasteiger partial charge is 0.269 e. The van der Waals surface area contributed by atoms with E-state index >= 15 is 0 Å². The molecule has 33 heavy (non-hydrogen) atoms. The van der Waals surface area contributed by atoms with Crippen LogP contribution in [0.1, 0.15) is 21.9 Å². The molecule has 0 spiro atoms. The number of fused-ring (bicyclic) bond motifs is 1. The van der Waals surface area contributed by atoms with E-state index in [0.29, 0.717) is 5.82 Å². The van der Waals surface area contributed by atoms with E-state index in [4.69, 9.17) is 5.10 Å². The van der Waals surface area contributed by atoms with Crippen molar-refractivity contribution in [2.75, 3.05) is 11.1 Å². The van der Waals surface area contributed by atoms with Crippen LogP contribution in [0.5, 0.6) is 0 Å². The number of nitrogens with zero attached hydrogens (tertiary/aromatic N) is 3. The Morgan fingerprint density at radius 2 is 1.82 bits per heavy atom. The number of nitro groups is 1. The van der Waals surface area contributed by atoms with Gasteiger partial charge in [0.2, 0.25) is 5.91 Å². The van der Waals surface area contributed by atoms with Crippen LogP contribution in [0.3, 0.4) is 0 Å². The van der Waals surface area contributed by atoms with Crippen molar-refractivity contribution in [2.24, 2.45) is 0 Å². The molecule has 0 unspecified atom stereocenters. The molecule has 8 heteroatoms. The van der Waals surface area contributed by atoms with Crippen LogP contribution < -0.4 is 5.32 Å². The first-order valence-electron chi connectivity index (χ1n) is 10.4. The summed E-state index contributed by atoms with van der Waals surface area (Å²) in [5.74, 6) is 0.677. The fourth-order valence-electron chi connectivity index (χ4n) is 3.96. The molecule has 0 aliphatic carbocycles. The Labute approximate surface area is 194 Å². The number of aromatic nitrogens is 2. The first kappa shape index (κ1) is 21.0. The summed E-state index contributed by atoms with van der Waals surface area (Å²) >= 11 is 1.44. The monoisotopic (exact) mass is 456 g/mol. The van der Waals surface area contributed by atoms with Crippen molar-refractivity contribution in [3.05, 3.63) is 106 Å². The third kappa shape index (κ3) is 4.01. The lowest BCUT2D eigenvalue weighted by Gasteiger charge is -2.16. The lowest BCUT2D eigenvalue weighted by atomic mass is 9.99. The van der Waals surface area contributed by atoms with Crippen LogP contribution in [-0.4, -0.2) is 26.4 Å². The molecule has 1 aliphatic heterocycles. The maximum Gasteiger partial charge on any atom is 0.269 e. The quantitative estimate of drug-likeness (QED) is 0.322. The highest BCUT2D eigenvalue weighted by molar-refractivity contribution is 8.00. The third-order valence-corrected chi connectivity index (χ3v) is 6.80. The van der Waals surface area contributed by atoms with Crippen molar-refractivity contribution in [3.8, 4) is 16.9 Å². The number of non-ortho nitro benzene ring substituents is 1. The Morgan fingerprint density at radius 1 is 1.06 bits per heavy atom. The van der Waals surface area contributed by atoms with E-state index in [1.807, 2.05) is 67.6 Å². The molecule has 1 atom stereocenters. The zero-order valence-corrected chi connectivity index (χ0v) is 18.6. The van der Waals surface area contributed by atoms with Crippen molar-refractivity contribution in [1.29, 1.82) is 0 Å². The SMILES string of the molecule is Cc1ccc(-n2nc(-c3ccccc3)c3c2NC(=O)CS[C@@H]3c2cccc([N+](=O)[O-])c2)cc1. The zero-order chi connectivity index (χ0) is 22.9. The van der Waals surface area contributed by atoms with Gasteiger partial charge in [0, 0.05) is 23.3 Å². The van der Waals surface area contributed by atoms with Gasteiger partial charge in [0.1, 0.15) is 5.82 Å². The highest BCUT2D eigenvalue weighted by atomic mass is 32.2. The maximum atomic E-state index is 12.7. The molecule has 1 aliphatic rings. The summed E-state index contributed by atoms with van der Waals surface area (Å²) in [4.78, 5) is 23.7. The number of carbonyl (C=O) groups is 1. The van der Waals surface area contributed by atoms with Gasteiger partial charge < -0.3 is 5.32 Å². The molecule has 3 aromatic carbocycles. The maximum absolute atomic E-state index is 12.7. The summed E-state index contributed by atoms with van der Waals surface area (Å²) in [6, 6.07) is 24.3. The van der Waals surface area contributed by atoms with Crippen molar-refractivity contribution in [1.82, 2.24) is 9.78 Å². The normalized spacial score (nSPS) is 15.4. The Hall–Kier alpha value is -3.91. The molecule has 0 saturated heterocycles. The summed E-state index contributed by atoms with van der Waals surface area (Å²) in [5, 5.41) is 19.1. The number of benzene rings is 3. The van der Waals surface area contributed by atoms with Crippen LogP contribution in [0.2, 0.25) is 0 Å². The van der Waals surface area contributed by atoms with Gasteiger partial charge in [-0.2, -0.15) is 5.10 Å². The molecule has 4 aromatic rings. The Morgan fingerprint density at radius 3 is 2.55 bits per heavy atom. The van der Waals surface area contributed by atoms with Gasteiger partial charge >= 0.3 is 0 Å². The van der Waals surface area contributed by atoms with Crippen LogP contribution in [0, 0.1) is 17.0 Å². The van der Waals surface area contributed by atoms with Crippen molar-refractivity contribution in [3.63, 3.8) is 0 Å². The molecule has 1 aromatic heterocycles. The van der Waals surface area contributed by atoms with Crippen LogP contribution in [0.4, 0.5) is 11.5 Å². The lowest BCUT2D eigenvalue weighted by Crippen LogP contribution is -2.15. The first-order valence-corrected chi connectivity index (χ1v) is 11.5. The summed E-state index contributed by atoms with van der Waals surface area (Å²) in [6.45, 7) is 2.01. The second-order valence-electron chi connectivity index (χ2n) is 7.82. The molecule has 1 amide bonds. The van der Waals surface area contributed by atoms with E-state index in [1.54, 1.807) is 16.8 Å². The van der Waals surface area contributed by atoms with Gasteiger partial charge in [0.05, 0.1) is 27.3 Å². The number of nitrogens with one attached hydrogen (secondary N) is 1. The lowest BCUT2D eigenvalue weighted by molar-refractivity contribution is -0.384. The number of aryl methyl sites for hydroxylation is 1. The molecular weight excluding hydrogens is 436 g/mol. The number of hydrogen-bond donors (Lipinski definition) is 1. The van der Waals surface area contributed by atoms with Gasteiger partial charge in [-0.3, -0.25) is 14.9 Å². The first-order chi connectivity index (χ1) is 16.0. The minimum atomic E-state index is -0.400. The van der Waals surface area contributed by atoms with E-state index in [1.165, 1.54) is 17.8 Å². The number of anilines is 1. The summed E-state index contributed by atoms with van der Waals surface area (Å²) < 4.78 is 1.76. The van der Waals surface area contributed by atoms with Gasteiger partial charge in [-0.25, -0.2) is 4.68 Å². The highest BCUT2D eigenvalue weighted by Gasteiger charge is 2.33. The molecule has 1 N–H and O–H groups in total. The van der Waals surface area contributed by atoms with Gasteiger partial charge in [-0.05, 0) is 24.6 Å². The Bertz CT molecular complexity index is 1350. The van der Waals surface area contributed by atoms with Gasteiger partial charge in [-0.1, -0.05) is 60.2 Å². The van der Waals surface area contributed by atoms with Gasteiger partial charge in [0.15, 0.2) is 0 Å². The van der Waals surface area contributed by atoms with Gasteiger partial charge in [-0.15, -0.1) is 11.8 Å². The minimum absolute atomic E-state index is 0.0189. The molecule has 5 rings (SSSR count). The number of amides is 1.